The van der Waals surface area contributed by atoms with Gasteiger partial charge in [-0.05, 0) is 24.4 Å². The van der Waals surface area contributed by atoms with Crippen molar-refractivity contribution in [3.63, 3.8) is 0 Å². The number of hydrogen-bond donors (Lipinski definition) is 2. The lowest BCUT2D eigenvalue weighted by Crippen LogP contribution is -2.39. The molecule has 0 aromatic carbocycles. The lowest BCUT2D eigenvalue weighted by molar-refractivity contribution is 0.0166. The molecule has 1 saturated carbocycles. The molecule has 0 atom stereocenters. The Morgan fingerprint density at radius 2 is 1.89 bits per heavy atom. The molecule has 1 aliphatic rings. The van der Waals surface area contributed by atoms with Crippen molar-refractivity contribution >= 4 is 23.5 Å². The van der Waals surface area contributed by atoms with E-state index in [0.29, 0.717) is 18.4 Å². The SMILES string of the molecule is CN(C)c1nc(Cl)nc(NCC2(O)CCCCC2)n1. The van der Waals surface area contributed by atoms with E-state index in [9.17, 15) is 5.11 Å². The summed E-state index contributed by atoms with van der Waals surface area (Å²) in [5, 5.41) is 13.6. The third-order valence-electron chi connectivity index (χ3n) is 3.36. The third-order valence-corrected chi connectivity index (χ3v) is 3.53. The van der Waals surface area contributed by atoms with Crippen molar-refractivity contribution in [2.45, 2.75) is 37.7 Å². The number of nitrogens with zero attached hydrogens (tertiary/aromatic N) is 4. The molecule has 106 valence electrons. The summed E-state index contributed by atoms with van der Waals surface area (Å²) in [5.41, 5.74) is -0.657. The Morgan fingerprint density at radius 3 is 2.53 bits per heavy atom. The third kappa shape index (κ3) is 3.91. The Bertz CT molecular complexity index is 434. The van der Waals surface area contributed by atoms with E-state index in [4.69, 9.17) is 11.6 Å². The van der Waals surface area contributed by atoms with Crippen LogP contribution < -0.4 is 10.2 Å². The van der Waals surface area contributed by atoms with Gasteiger partial charge in [0.1, 0.15) is 0 Å². The Balaban J connectivity index is 2.02. The van der Waals surface area contributed by atoms with Crippen LogP contribution in [0, 0.1) is 0 Å². The van der Waals surface area contributed by atoms with Gasteiger partial charge in [0.2, 0.25) is 17.2 Å². The lowest BCUT2D eigenvalue weighted by atomic mass is 9.85. The number of anilines is 2. The highest BCUT2D eigenvalue weighted by Gasteiger charge is 2.29. The second-order valence-corrected chi connectivity index (χ2v) is 5.60. The van der Waals surface area contributed by atoms with Gasteiger partial charge in [0.25, 0.3) is 0 Å². The van der Waals surface area contributed by atoms with E-state index in [1.165, 1.54) is 6.42 Å². The van der Waals surface area contributed by atoms with Crippen LogP contribution in [0.15, 0.2) is 0 Å². The Hall–Kier alpha value is -1.14. The Morgan fingerprint density at radius 1 is 1.21 bits per heavy atom. The van der Waals surface area contributed by atoms with Crippen LogP contribution in [-0.2, 0) is 0 Å². The molecular formula is C12H20ClN5O. The summed E-state index contributed by atoms with van der Waals surface area (Å²) in [6, 6.07) is 0. The van der Waals surface area contributed by atoms with Gasteiger partial charge in [-0.25, -0.2) is 0 Å². The Labute approximate surface area is 118 Å². The number of aliphatic hydroxyl groups is 1. The average Bonchev–Trinajstić information content (AvgIpc) is 2.37. The molecule has 7 heteroatoms. The highest BCUT2D eigenvalue weighted by molar-refractivity contribution is 6.28. The van der Waals surface area contributed by atoms with Crippen molar-refractivity contribution in [1.82, 2.24) is 15.0 Å². The maximum Gasteiger partial charge on any atom is 0.230 e. The molecule has 0 unspecified atom stereocenters. The van der Waals surface area contributed by atoms with Crippen LogP contribution in [0.4, 0.5) is 11.9 Å². The number of rotatable bonds is 4. The van der Waals surface area contributed by atoms with Crippen LogP contribution in [0.3, 0.4) is 0 Å². The van der Waals surface area contributed by atoms with Gasteiger partial charge < -0.3 is 15.3 Å². The fraction of sp³-hybridized carbons (Fsp3) is 0.750. The minimum Gasteiger partial charge on any atom is -0.388 e. The van der Waals surface area contributed by atoms with Crippen LogP contribution in [0.2, 0.25) is 5.28 Å². The lowest BCUT2D eigenvalue weighted by Gasteiger charge is -2.32. The molecule has 19 heavy (non-hydrogen) atoms. The van der Waals surface area contributed by atoms with Crippen molar-refractivity contribution in [3.05, 3.63) is 5.28 Å². The smallest absolute Gasteiger partial charge is 0.230 e. The second-order valence-electron chi connectivity index (χ2n) is 5.26. The first-order valence-corrected chi connectivity index (χ1v) is 6.91. The predicted molar refractivity (Wildman–Crippen MR) is 75.7 cm³/mol. The Kier molecular flexibility index (Phi) is 4.42. The standard InChI is InChI=1S/C12H20ClN5O/c1-18(2)11-16-9(13)15-10(17-11)14-8-12(19)6-4-3-5-7-12/h19H,3-8H2,1-2H3,(H,14,15,16,17). The van der Waals surface area contributed by atoms with E-state index >= 15 is 0 Å². The molecule has 0 radical (unpaired) electrons. The molecule has 1 fully saturated rings. The van der Waals surface area contributed by atoms with Gasteiger partial charge in [0.15, 0.2) is 0 Å². The molecule has 1 aromatic rings. The first-order valence-electron chi connectivity index (χ1n) is 6.54. The van der Waals surface area contributed by atoms with E-state index < -0.39 is 5.60 Å². The normalized spacial score (nSPS) is 18.1. The van der Waals surface area contributed by atoms with E-state index in [1.54, 1.807) is 4.90 Å². The number of halogens is 1. The zero-order valence-electron chi connectivity index (χ0n) is 11.4. The van der Waals surface area contributed by atoms with E-state index in [-0.39, 0.29) is 5.28 Å². The van der Waals surface area contributed by atoms with E-state index in [0.717, 1.165) is 25.7 Å². The molecule has 1 aliphatic carbocycles. The van der Waals surface area contributed by atoms with Gasteiger partial charge >= 0.3 is 0 Å². The highest BCUT2D eigenvalue weighted by atomic mass is 35.5. The first-order chi connectivity index (χ1) is 8.98. The molecule has 2 rings (SSSR count). The largest absolute Gasteiger partial charge is 0.388 e. The van der Waals surface area contributed by atoms with Gasteiger partial charge in [-0.15, -0.1) is 0 Å². The molecule has 0 aliphatic heterocycles. The number of nitrogens with one attached hydrogen (secondary N) is 1. The van der Waals surface area contributed by atoms with Crippen molar-refractivity contribution in [1.29, 1.82) is 0 Å². The summed E-state index contributed by atoms with van der Waals surface area (Å²) in [6.07, 6.45) is 4.97. The predicted octanol–water partition coefficient (Wildman–Crippen LogP) is 1.70. The fourth-order valence-electron chi connectivity index (χ4n) is 2.25. The molecular weight excluding hydrogens is 266 g/mol. The quantitative estimate of drug-likeness (QED) is 0.877. The maximum absolute atomic E-state index is 10.4. The summed E-state index contributed by atoms with van der Waals surface area (Å²) >= 11 is 5.86. The van der Waals surface area contributed by atoms with Gasteiger partial charge in [0.05, 0.1) is 5.60 Å². The number of hydrogen-bond acceptors (Lipinski definition) is 6. The molecule has 0 spiro atoms. The monoisotopic (exact) mass is 285 g/mol. The summed E-state index contributed by atoms with van der Waals surface area (Å²) in [5.74, 6) is 0.904. The van der Waals surface area contributed by atoms with E-state index in [2.05, 4.69) is 20.3 Å². The van der Waals surface area contributed by atoms with Crippen LogP contribution in [0.1, 0.15) is 32.1 Å². The van der Waals surface area contributed by atoms with Crippen LogP contribution in [0.5, 0.6) is 0 Å². The van der Waals surface area contributed by atoms with Crippen molar-refractivity contribution in [3.8, 4) is 0 Å². The van der Waals surface area contributed by atoms with E-state index in [1.807, 2.05) is 14.1 Å². The topological polar surface area (TPSA) is 74.2 Å². The zero-order valence-corrected chi connectivity index (χ0v) is 12.1. The molecule has 2 N–H and O–H groups in total. The van der Waals surface area contributed by atoms with Crippen LogP contribution in [0.25, 0.3) is 0 Å². The first kappa shape index (κ1) is 14.3. The van der Waals surface area contributed by atoms with Crippen LogP contribution >= 0.6 is 11.6 Å². The van der Waals surface area contributed by atoms with Crippen molar-refractivity contribution in [2.75, 3.05) is 30.9 Å². The molecule has 6 nitrogen and oxygen atoms in total. The van der Waals surface area contributed by atoms with Gasteiger partial charge in [0, 0.05) is 20.6 Å². The zero-order chi connectivity index (χ0) is 13.9. The molecule has 0 saturated heterocycles. The second kappa shape index (κ2) is 5.88. The molecule has 0 amide bonds. The minimum absolute atomic E-state index is 0.150. The molecule has 0 bridgehead atoms. The van der Waals surface area contributed by atoms with Crippen molar-refractivity contribution in [2.24, 2.45) is 0 Å². The minimum atomic E-state index is -0.657. The molecule has 1 heterocycles. The van der Waals surface area contributed by atoms with Crippen LogP contribution in [-0.4, -0.2) is 46.3 Å². The fourth-order valence-corrected chi connectivity index (χ4v) is 2.40. The average molecular weight is 286 g/mol. The summed E-state index contributed by atoms with van der Waals surface area (Å²) in [4.78, 5) is 14.0. The van der Waals surface area contributed by atoms with Gasteiger partial charge in [-0.3, -0.25) is 0 Å². The molecule has 1 aromatic heterocycles. The van der Waals surface area contributed by atoms with Gasteiger partial charge in [-0.1, -0.05) is 19.3 Å². The summed E-state index contributed by atoms with van der Waals surface area (Å²) < 4.78 is 0. The number of aromatic nitrogens is 3. The van der Waals surface area contributed by atoms with Gasteiger partial charge in [-0.2, -0.15) is 15.0 Å². The summed E-state index contributed by atoms with van der Waals surface area (Å²) in [6.45, 7) is 0.445. The maximum atomic E-state index is 10.4. The highest BCUT2D eigenvalue weighted by Crippen LogP contribution is 2.28. The summed E-state index contributed by atoms with van der Waals surface area (Å²) in [7, 11) is 3.67. The van der Waals surface area contributed by atoms with Crippen molar-refractivity contribution < 1.29 is 5.11 Å².